The third kappa shape index (κ3) is 5.38. The predicted molar refractivity (Wildman–Crippen MR) is 116 cm³/mol. The Morgan fingerprint density at radius 1 is 1.31 bits per heavy atom. The summed E-state index contributed by atoms with van der Waals surface area (Å²) in [4.78, 5) is 35.3. The second kappa shape index (κ2) is 9.73. The molecule has 0 fully saturated rings. The molecule has 0 aliphatic heterocycles. The molecule has 0 unspecified atom stereocenters. The minimum atomic E-state index is -0.814. The van der Waals surface area contributed by atoms with Gasteiger partial charge >= 0.3 is 0 Å². The Kier molecular flexibility index (Phi) is 7.03. The third-order valence-corrected chi connectivity index (χ3v) is 5.29. The van der Waals surface area contributed by atoms with E-state index in [9.17, 15) is 18.5 Å². The number of carbonyl (C=O) groups excluding carboxylic acids is 1. The van der Waals surface area contributed by atoms with Crippen molar-refractivity contribution in [1.29, 1.82) is 0 Å². The van der Waals surface area contributed by atoms with Gasteiger partial charge in [0.2, 0.25) is 5.88 Å². The quantitative estimate of drug-likeness (QED) is 0.355. The normalized spacial score (nSPS) is 11.2. The first-order valence-corrected chi connectivity index (χ1v) is 10.3. The summed E-state index contributed by atoms with van der Waals surface area (Å²) in [7, 11) is 0. The molecule has 3 aromatic rings. The molecule has 12 heteroatoms. The Bertz CT molecular complexity index is 1120. The molecule has 2 aromatic heterocycles. The number of hydrogen-bond acceptors (Lipinski definition) is 9. The van der Waals surface area contributed by atoms with E-state index >= 15 is 0 Å². The van der Waals surface area contributed by atoms with Crippen molar-refractivity contribution in [2.75, 3.05) is 17.7 Å². The fourth-order valence-electron chi connectivity index (χ4n) is 2.72. The first-order valence-electron chi connectivity index (χ1n) is 9.51. The molecule has 0 spiro atoms. The van der Waals surface area contributed by atoms with Crippen molar-refractivity contribution in [2.24, 2.45) is 5.18 Å². The first kappa shape index (κ1) is 23.1. The average Bonchev–Trinajstić information content (AvgIpc) is 3.13. The van der Waals surface area contributed by atoms with E-state index in [4.69, 9.17) is 10.5 Å². The summed E-state index contributed by atoms with van der Waals surface area (Å²) in [6, 6.07) is 3.41. The van der Waals surface area contributed by atoms with Crippen LogP contribution >= 0.6 is 11.3 Å². The fourth-order valence-corrected chi connectivity index (χ4v) is 3.60. The van der Waals surface area contributed by atoms with Crippen LogP contribution in [-0.4, -0.2) is 33.0 Å². The highest BCUT2D eigenvalue weighted by atomic mass is 32.1. The summed E-state index contributed by atoms with van der Waals surface area (Å²) < 4.78 is 33.7. The topological polar surface area (TPSA) is 132 Å². The van der Waals surface area contributed by atoms with Crippen LogP contribution in [0.4, 0.5) is 19.5 Å². The maximum absolute atomic E-state index is 14.1. The molecular weight excluding hydrogens is 442 g/mol. The highest BCUT2D eigenvalue weighted by Gasteiger charge is 2.23. The van der Waals surface area contributed by atoms with Crippen molar-refractivity contribution < 1.29 is 18.3 Å². The van der Waals surface area contributed by atoms with Gasteiger partial charge in [0.1, 0.15) is 33.7 Å². The van der Waals surface area contributed by atoms with Gasteiger partial charge in [-0.05, 0) is 38.8 Å². The van der Waals surface area contributed by atoms with E-state index in [2.05, 4.69) is 25.4 Å². The van der Waals surface area contributed by atoms with Gasteiger partial charge in [0.05, 0.1) is 23.9 Å². The second-order valence-electron chi connectivity index (χ2n) is 7.38. The lowest BCUT2D eigenvalue weighted by molar-refractivity contribution is 0.102. The molecule has 0 aliphatic carbocycles. The average molecular weight is 462 g/mol. The zero-order valence-electron chi connectivity index (χ0n) is 17.3. The molecule has 168 valence electrons. The van der Waals surface area contributed by atoms with E-state index in [1.54, 1.807) is 13.8 Å². The van der Waals surface area contributed by atoms with Crippen LogP contribution in [0, 0.1) is 16.5 Å². The number of nitrogens with two attached hydrogens (primary N) is 1. The molecule has 3 N–H and O–H groups in total. The number of halogens is 2. The van der Waals surface area contributed by atoms with Crippen molar-refractivity contribution in [3.63, 3.8) is 0 Å². The van der Waals surface area contributed by atoms with Gasteiger partial charge < -0.3 is 15.8 Å². The largest absolute Gasteiger partial charge is 0.476 e. The number of aromatic nitrogens is 3. The van der Waals surface area contributed by atoms with E-state index in [0.29, 0.717) is 12.8 Å². The SMILES string of the molecule is CC(C)(CCCOc1ncncc1NC(=O)c1nc(-c2c(F)cccc2F)sc1N)N=O. The number of thiazole rings is 1. The van der Waals surface area contributed by atoms with E-state index in [1.807, 2.05) is 0 Å². The maximum atomic E-state index is 14.1. The van der Waals surface area contributed by atoms with Crippen LogP contribution in [0.3, 0.4) is 0 Å². The highest BCUT2D eigenvalue weighted by Crippen LogP contribution is 2.34. The Balaban J connectivity index is 1.73. The molecule has 0 radical (unpaired) electrons. The van der Waals surface area contributed by atoms with Crippen molar-refractivity contribution in [3.05, 3.63) is 53.0 Å². The monoisotopic (exact) mass is 462 g/mol. The van der Waals surface area contributed by atoms with Crippen molar-refractivity contribution >= 4 is 27.9 Å². The van der Waals surface area contributed by atoms with Crippen LogP contribution < -0.4 is 15.8 Å². The van der Waals surface area contributed by atoms with Crippen LogP contribution in [0.1, 0.15) is 37.2 Å². The number of nitrogens with one attached hydrogen (secondary N) is 1. The van der Waals surface area contributed by atoms with Gasteiger partial charge in [-0.25, -0.2) is 18.7 Å². The number of amides is 1. The highest BCUT2D eigenvalue weighted by molar-refractivity contribution is 7.19. The lowest BCUT2D eigenvalue weighted by Crippen LogP contribution is -2.18. The predicted octanol–water partition coefficient (Wildman–Crippen LogP) is 4.42. The molecule has 0 atom stereocenters. The molecule has 1 amide bonds. The van der Waals surface area contributed by atoms with E-state index in [0.717, 1.165) is 23.5 Å². The number of ether oxygens (including phenoxy) is 1. The Morgan fingerprint density at radius 3 is 2.72 bits per heavy atom. The summed E-state index contributed by atoms with van der Waals surface area (Å²) in [5.74, 6) is -2.23. The van der Waals surface area contributed by atoms with Crippen LogP contribution in [0.15, 0.2) is 35.9 Å². The minimum absolute atomic E-state index is 0.0111. The lowest BCUT2D eigenvalue weighted by atomic mass is 10.0. The minimum Gasteiger partial charge on any atom is -0.476 e. The number of rotatable bonds is 9. The Labute approximate surface area is 186 Å². The van der Waals surface area contributed by atoms with Gasteiger partial charge in [0.15, 0.2) is 5.69 Å². The number of nitrogen functional groups attached to an aromatic ring is 1. The number of benzene rings is 1. The van der Waals surface area contributed by atoms with E-state index < -0.39 is 23.1 Å². The van der Waals surface area contributed by atoms with Gasteiger partial charge in [0, 0.05) is 0 Å². The Morgan fingerprint density at radius 2 is 2.03 bits per heavy atom. The van der Waals surface area contributed by atoms with Gasteiger partial charge in [-0.2, -0.15) is 9.89 Å². The summed E-state index contributed by atoms with van der Waals surface area (Å²) in [6.07, 6.45) is 3.62. The number of nitroso groups, excluding NO2 is 1. The molecule has 2 heterocycles. The maximum Gasteiger partial charge on any atom is 0.277 e. The molecule has 1 aromatic carbocycles. The lowest BCUT2D eigenvalue weighted by Gasteiger charge is -2.15. The second-order valence-corrected chi connectivity index (χ2v) is 8.41. The molecule has 0 saturated heterocycles. The fraction of sp³-hybridized carbons (Fsp3) is 0.300. The van der Waals surface area contributed by atoms with E-state index in [1.165, 1.54) is 18.6 Å². The number of hydrogen-bond donors (Lipinski definition) is 2. The summed E-state index contributed by atoms with van der Waals surface area (Å²) in [6.45, 7) is 3.67. The van der Waals surface area contributed by atoms with Crippen LogP contribution in [-0.2, 0) is 0 Å². The molecule has 0 aliphatic rings. The van der Waals surface area contributed by atoms with Gasteiger partial charge in [-0.1, -0.05) is 22.6 Å². The third-order valence-electron chi connectivity index (χ3n) is 4.39. The zero-order chi connectivity index (χ0) is 23.3. The van der Waals surface area contributed by atoms with Crippen LogP contribution in [0.25, 0.3) is 10.6 Å². The summed E-state index contributed by atoms with van der Waals surface area (Å²) in [5.41, 5.74) is 4.78. The molecular formula is C20H20F2N6O3S. The number of anilines is 2. The van der Waals surface area contributed by atoms with Crippen molar-refractivity contribution in [2.45, 2.75) is 32.2 Å². The summed E-state index contributed by atoms with van der Waals surface area (Å²) >= 11 is 0.789. The van der Waals surface area contributed by atoms with Crippen molar-refractivity contribution in [3.8, 4) is 16.5 Å². The zero-order valence-corrected chi connectivity index (χ0v) is 18.1. The van der Waals surface area contributed by atoms with Crippen LogP contribution in [0.2, 0.25) is 0 Å². The molecule has 0 bridgehead atoms. The molecule has 9 nitrogen and oxygen atoms in total. The molecule has 3 rings (SSSR count). The molecule has 0 saturated carbocycles. The van der Waals surface area contributed by atoms with Gasteiger partial charge in [-0.15, -0.1) is 0 Å². The number of nitrogens with zero attached hydrogens (tertiary/aromatic N) is 4. The summed E-state index contributed by atoms with van der Waals surface area (Å²) in [5, 5.41) is 5.52. The van der Waals surface area contributed by atoms with Gasteiger partial charge in [-0.3, -0.25) is 4.79 Å². The standard InChI is InChI=1S/C20H20F2N6O3S/c1-20(2,28-30)7-4-8-31-18-13(9-24-10-25-18)26-17(29)15-16(23)32-19(27-15)14-11(21)5-3-6-12(14)22/h3,5-6,9-10H,4,7-8,23H2,1-2H3,(H,26,29). The molecule has 32 heavy (non-hydrogen) atoms. The smallest absolute Gasteiger partial charge is 0.277 e. The number of carbonyl (C=O) groups is 1. The van der Waals surface area contributed by atoms with Gasteiger partial charge in [0.25, 0.3) is 5.91 Å². The Hall–Kier alpha value is -3.54. The van der Waals surface area contributed by atoms with E-state index in [-0.39, 0.29) is 39.4 Å². The van der Waals surface area contributed by atoms with Crippen LogP contribution in [0.5, 0.6) is 5.88 Å². The first-order chi connectivity index (χ1) is 15.2. The van der Waals surface area contributed by atoms with Crippen molar-refractivity contribution in [1.82, 2.24) is 15.0 Å².